The number of nitrogens with zero attached hydrogens (tertiary/aromatic N) is 5. The Balaban J connectivity index is 1.41. The largest absolute Gasteiger partial charge is 0.367 e. The van der Waals surface area contributed by atoms with E-state index >= 15 is 0 Å². The lowest BCUT2D eigenvalue weighted by molar-refractivity contribution is -0.133. The van der Waals surface area contributed by atoms with E-state index in [0.29, 0.717) is 11.9 Å². The van der Waals surface area contributed by atoms with Crippen molar-refractivity contribution in [1.82, 2.24) is 19.8 Å². The minimum atomic E-state index is 0.336. The van der Waals surface area contributed by atoms with Gasteiger partial charge in [0.05, 0.1) is 0 Å². The van der Waals surface area contributed by atoms with E-state index in [1.807, 2.05) is 30.0 Å². The highest BCUT2D eigenvalue weighted by atomic mass is 16.2. The van der Waals surface area contributed by atoms with Crippen molar-refractivity contribution in [3.8, 4) is 0 Å². The summed E-state index contributed by atoms with van der Waals surface area (Å²) in [7, 11) is 3.97. The summed E-state index contributed by atoms with van der Waals surface area (Å²) < 4.78 is 0. The lowest BCUT2D eigenvalue weighted by Gasteiger charge is -2.35. The number of anilines is 2. The van der Waals surface area contributed by atoms with Crippen LogP contribution in [-0.4, -0.2) is 78.5 Å². The summed E-state index contributed by atoms with van der Waals surface area (Å²) in [6, 6.07) is 2.45. The third-order valence-electron chi connectivity index (χ3n) is 5.16. The molecule has 0 radical (unpaired) electrons. The normalized spacial score (nSPS) is 19.9. The van der Waals surface area contributed by atoms with Gasteiger partial charge in [0.25, 0.3) is 0 Å². The zero-order valence-electron chi connectivity index (χ0n) is 15.4. The quantitative estimate of drug-likeness (QED) is 0.841. The smallest absolute Gasteiger partial charge is 0.222 e. The number of aromatic nitrogens is 2. The Morgan fingerprint density at radius 2 is 1.96 bits per heavy atom. The fourth-order valence-electron chi connectivity index (χ4n) is 3.54. The molecule has 0 spiro atoms. The van der Waals surface area contributed by atoms with E-state index in [1.165, 1.54) is 0 Å². The molecule has 1 aromatic rings. The zero-order valence-corrected chi connectivity index (χ0v) is 15.4. The average molecular weight is 346 g/mol. The topological polar surface area (TPSA) is 64.6 Å². The Morgan fingerprint density at radius 3 is 2.68 bits per heavy atom. The Hall–Kier alpha value is -1.89. The van der Waals surface area contributed by atoms with Crippen LogP contribution in [0.1, 0.15) is 32.1 Å². The first-order valence-corrected chi connectivity index (χ1v) is 9.38. The number of carbonyl (C=O) groups is 1. The highest BCUT2D eigenvalue weighted by Gasteiger charge is 2.22. The van der Waals surface area contributed by atoms with E-state index in [4.69, 9.17) is 0 Å². The van der Waals surface area contributed by atoms with Crippen molar-refractivity contribution in [3.05, 3.63) is 12.4 Å². The molecule has 0 saturated carbocycles. The van der Waals surface area contributed by atoms with Crippen LogP contribution < -0.4 is 10.2 Å². The van der Waals surface area contributed by atoms with Crippen LogP contribution in [0, 0.1) is 0 Å². The van der Waals surface area contributed by atoms with Gasteiger partial charge < -0.3 is 20.0 Å². The van der Waals surface area contributed by atoms with Gasteiger partial charge in [-0.1, -0.05) is 0 Å². The molecule has 0 atom stereocenters. The molecule has 7 nitrogen and oxygen atoms in total. The number of likely N-dealkylation sites (tertiary alicyclic amines) is 2. The second kappa shape index (κ2) is 8.47. The number of hydrogen-bond donors (Lipinski definition) is 1. The molecule has 0 unspecified atom stereocenters. The van der Waals surface area contributed by atoms with E-state index < -0.39 is 0 Å². The second-order valence-electron chi connectivity index (χ2n) is 7.25. The van der Waals surface area contributed by atoms with E-state index in [9.17, 15) is 4.79 Å². The number of piperidine rings is 2. The number of carbonyl (C=O) groups excluding carboxylic acids is 1. The molecule has 0 aromatic carbocycles. The van der Waals surface area contributed by atoms with Gasteiger partial charge in [-0.15, -0.1) is 0 Å². The number of rotatable bonds is 6. The highest BCUT2D eigenvalue weighted by molar-refractivity contribution is 5.76. The molecule has 2 aliphatic rings. The molecule has 1 amide bonds. The van der Waals surface area contributed by atoms with Crippen molar-refractivity contribution < 1.29 is 4.79 Å². The van der Waals surface area contributed by atoms with Gasteiger partial charge in [0, 0.05) is 65.3 Å². The summed E-state index contributed by atoms with van der Waals surface area (Å²) in [5, 5.41) is 3.54. The van der Waals surface area contributed by atoms with Crippen molar-refractivity contribution in [2.75, 3.05) is 57.0 Å². The van der Waals surface area contributed by atoms with E-state index in [2.05, 4.69) is 20.2 Å². The fourth-order valence-corrected chi connectivity index (χ4v) is 3.54. The molecular weight excluding hydrogens is 316 g/mol. The molecule has 7 heteroatoms. The van der Waals surface area contributed by atoms with Crippen LogP contribution in [-0.2, 0) is 4.79 Å². The third kappa shape index (κ3) is 5.04. The van der Waals surface area contributed by atoms with Gasteiger partial charge in [0.2, 0.25) is 5.91 Å². The van der Waals surface area contributed by atoms with Crippen LogP contribution in [0.4, 0.5) is 11.6 Å². The molecule has 1 N–H and O–H groups in total. The van der Waals surface area contributed by atoms with Gasteiger partial charge >= 0.3 is 0 Å². The van der Waals surface area contributed by atoms with Crippen molar-refractivity contribution >= 4 is 17.5 Å². The molecular formula is C18H30N6O. The summed E-state index contributed by atoms with van der Waals surface area (Å²) in [6.07, 6.45) is 6.78. The second-order valence-corrected chi connectivity index (χ2v) is 7.25. The summed E-state index contributed by atoms with van der Waals surface area (Å²) in [5.74, 6) is 2.15. The fraction of sp³-hybridized carbons (Fsp3) is 0.722. The van der Waals surface area contributed by atoms with Gasteiger partial charge in [-0.3, -0.25) is 4.79 Å². The molecule has 2 fully saturated rings. The van der Waals surface area contributed by atoms with Gasteiger partial charge in [-0.25, -0.2) is 9.97 Å². The predicted octanol–water partition coefficient (Wildman–Crippen LogP) is 1.43. The summed E-state index contributed by atoms with van der Waals surface area (Å²) in [5.41, 5.74) is 0. The molecule has 3 heterocycles. The Morgan fingerprint density at radius 1 is 1.16 bits per heavy atom. The molecule has 2 saturated heterocycles. The first-order valence-electron chi connectivity index (χ1n) is 9.38. The maximum atomic E-state index is 11.9. The molecule has 25 heavy (non-hydrogen) atoms. The minimum absolute atomic E-state index is 0.336. The van der Waals surface area contributed by atoms with Gasteiger partial charge in [0.15, 0.2) is 0 Å². The van der Waals surface area contributed by atoms with E-state index in [1.54, 1.807) is 6.33 Å². The molecule has 0 aliphatic carbocycles. The predicted molar refractivity (Wildman–Crippen MR) is 99.9 cm³/mol. The third-order valence-corrected chi connectivity index (χ3v) is 5.16. The van der Waals surface area contributed by atoms with Crippen LogP contribution in [0.25, 0.3) is 0 Å². The number of hydrogen-bond acceptors (Lipinski definition) is 6. The van der Waals surface area contributed by atoms with Crippen LogP contribution in [0.5, 0.6) is 0 Å². The first-order chi connectivity index (χ1) is 12.1. The minimum Gasteiger partial charge on any atom is -0.367 e. The maximum Gasteiger partial charge on any atom is 0.222 e. The Labute approximate surface area is 150 Å². The monoisotopic (exact) mass is 346 g/mol. The highest BCUT2D eigenvalue weighted by Crippen LogP contribution is 2.18. The molecule has 138 valence electrons. The molecule has 0 bridgehead atoms. The molecule has 3 rings (SSSR count). The lowest BCUT2D eigenvalue weighted by atomic mass is 10.0. The first kappa shape index (κ1) is 17.9. The summed E-state index contributed by atoms with van der Waals surface area (Å²) in [4.78, 5) is 27.0. The standard InChI is InChI=1S/C18H30N6O/c1-22(2)17-13-16(19-14-20-17)21-15-6-9-23(10-7-15)11-12-24-8-4-3-5-18(24)25/h13-15H,3-12H2,1-2H3,(H,19,20,21). The SMILES string of the molecule is CN(C)c1cc(NC2CCN(CCN3CCCCC3=O)CC2)ncn1. The van der Waals surface area contributed by atoms with Crippen molar-refractivity contribution in [3.63, 3.8) is 0 Å². The van der Waals surface area contributed by atoms with Crippen LogP contribution in [0.2, 0.25) is 0 Å². The molecule has 1 aromatic heterocycles. The van der Waals surface area contributed by atoms with E-state index in [-0.39, 0.29) is 0 Å². The van der Waals surface area contributed by atoms with Crippen LogP contribution in [0.3, 0.4) is 0 Å². The lowest BCUT2D eigenvalue weighted by Crippen LogP contribution is -2.45. The Bertz CT molecular complexity index is 570. The van der Waals surface area contributed by atoms with Gasteiger partial charge in [-0.05, 0) is 25.7 Å². The van der Waals surface area contributed by atoms with Crippen molar-refractivity contribution in [2.45, 2.75) is 38.1 Å². The number of nitrogens with one attached hydrogen (secondary N) is 1. The maximum absolute atomic E-state index is 11.9. The average Bonchev–Trinajstić information content (AvgIpc) is 2.62. The van der Waals surface area contributed by atoms with E-state index in [0.717, 1.165) is 76.5 Å². The Kier molecular flexibility index (Phi) is 6.07. The zero-order chi connectivity index (χ0) is 17.6. The van der Waals surface area contributed by atoms with Gasteiger partial charge in [0.1, 0.15) is 18.0 Å². The van der Waals surface area contributed by atoms with Crippen molar-refractivity contribution in [2.24, 2.45) is 0 Å². The van der Waals surface area contributed by atoms with Crippen LogP contribution in [0.15, 0.2) is 12.4 Å². The van der Waals surface area contributed by atoms with Gasteiger partial charge in [-0.2, -0.15) is 0 Å². The van der Waals surface area contributed by atoms with Crippen LogP contribution >= 0.6 is 0 Å². The number of amides is 1. The summed E-state index contributed by atoms with van der Waals surface area (Å²) >= 11 is 0. The summed E-state index contributed by atoms with van der Waals surface area (Å²) in [6.45, 7) is 4.97. The molecule has 2 aliphatic heterocycles. The van der Waals surface area contributed by atoms with Crippen molar-refractivity contribution in [1.29, 1.82) is 0 Å².